The number of hydrogen-bond acceptors (Lipinski definition) is 2. The minimum atomic E-state index is 0.736. The predicted molar refractivity (Wildman–Crippen MR) is 55.7 cm³/mol. The Balaban J connectivity index is 2.30. The maximum atomic E-state index is 5.15. The van der Waals surface area contributed by atoms with Crippen LogP contribution >= 0.6 is 0 Å². The zero-order valence-corrected chi connectivity index (χ0v) is 7.53. The molecule has 0 unspecified atom stereocenters. The molecule has 67 valence electrons. The molecule has 1 heterocycles. The van der Waals surface area contributed by atoms with Crippen molar-refractivity contribution in [3.05, 3.63) is 42.0 Å². The van der Waals surface area contributed by atoms with Gasteiger partial charge in [-0.15, -0.1) is 0 Å². The van der Waals surface area contributed by atoms with Gasteiger partial charge in [-0.1, -0.05) is 29.4 Å². The van der Waals surface area contributed by atoms with Crippen LogP contribution in [-0.4, -0.2) is 6.21 Å². The molecule has 0 amide bonds. The first-order valence-corrected chi connectivity index (χ1v) is 4.55. The van der Waals surface area contributed by atoms with Crippen LogP contribution in [0.2, 0.25) is 0 Å². The summed E-state index contributed by atoms with van der Waals surface area (Å²) in [6, 6.07) is 12.4. The van der Waals surface area contributed by atoms with Crippen LogP contribution in [0.4, 0.5) is 0 Å². The van der Waals surface area contributed by atoms with E-state index in [0.717, 1.165) is 17.7 Å². The summed E-state index contributed by atoms with van der Waals surface area (Å²) in [7, 11) is 0. The topological polar surface area (TPSA) is 21.6 Å². The number of rotatable bonds is 0. The lowest BCUT2D eigenvalue weighted by Gasteiger charge is -2.10. The third kappa shape index (κ3) is 1.08. The van der Waals surface area contributed by atoms with Crippen molar-refractivity contribution in [1.29, 1.82) is 0 Å². The van der Waals surface area contributed by atoms with Gasteiger partial charge < -0.3 is 4.84 Å². The number of benzene rings is 2. The Morgan fingerprint density at radius 1 is 1.14 bits per heavy atom. The van der Waals surface area contributed by atoms with Crippen molar-refractivity contribution in [2.75, 3.05) is 0 Å². The third-order valence-electron chi connectivity index (χ3n) is 2.41. The molecule has 2 nitrogen and oxygen atoms in total. The molecular formula is C12H8NO. The lowest BCUT2D eigenvalue weighted by molar-refractivity contribution is 0.334. The van der Waals surface area contributed by atoms with Gasteiger partial charge in [0, 0.05) is 12.0 Å². The molecule has 1 aliphatic rings. The fraction of sp³-hybridized carbons (Fsp3) is 0.0833. The van der Waals surface area contributed by atoms with Gasteiger partial charge in [-0.3, -0.25) is 0 Å². The van der Waals surface area contributed by atoms with Gasteiger partial charge in [-0.25, -0.2) is 0 Å². The second-order valence-corrected chi connectivity index (χ2v) is 3.32. The van der Waals surface area contributed by atoms with Gasteiger partial charge >= 0.3 is 0 Å². The highest BCUT2D eigenvalue weighted by molar-refractivity contribution is 5.86. The van der Waals surface area contributed by atoms with Gasteiger partial charge in [-0.05, 0) is 22.9 Å². The quantitative estimate of drug-likeness (QED) is 0.613. The van der Waals surface area contributed by atoms with Gasteiger partial charge in [0.2, 0.25) is 0 Å². The lowest BCUT2D eigenvalue weighted by atomic mass is 10.0. The Morgan fingerprint density at radius 2 is 1.93 bits per heavy atom. The molecule has 0 atom stereocenters. The van der Waals surface area contributed by atoms with Crippen LogP contribution < -0.4 is 4.84 Å². The summed E-state index contributed by atoms with van der Waals surface area (Å²) in [4.78, 5) is 5.15. The first-order valence-electron chi connectivity index (χ1n) is 4.55. The molecule has 0 saturated carbocycles. The molecule has 0 saturated heterocycles. The molecule has 1 radical (unpaired) electrons. The molecule has 0 N–H and O–H groups in total. The number of nitrogens with zero attached hydrogens (tertiary/aromatic N) is 1. The average Bonchev–Trinajstić information content (AvgIpc) is 2.26. The molecule has 0 spiro atoms. The van der Waals surface area contributed by atoms with E-state index in [4.69, 9.17) is 4.84 Å². The zero-order valence-electron chi connectivity index (χ0n) is 7.53. The monoisotopic (exact) mass is 182 g/mol. The Morgan fingerprint density at radius 3 is 2.79 bits per heavy atom. The highest BCUT2D eigenvalue weighted by Crippen LogP contribution is 2.27. The van der Waals surface area contributed by atoms with E-state index in [1.807, 2.05) is 18.2 Å². The average molecular weight is 182 g/mol. The van der Waals surface area contributed by atoms with E-state index in [1.54, 1.807) is 0 Å². The van der Waals surface area contributed by atoms with Crippen LogP contribution in [0.1, 0.15) is 5.56 Å². The minimum Gasteiger partial charge on any atom is -0.356 e. The second-order valence-electron chi connectivity index (χ2n) is 3.32. The zero-order chi connectivity index (χ0) is 9.38. The van der Waals surface area contributed by atoms with E-state index in [-0.39, 0.29) is 0 Å². The highest BCUT2D eigenvalue weighted by Gasteiger charge is 2.08. The summed E-state index contributed by atoms with van der Waals surface area (Å²) in [5, 5.41) is 6.09. The van der Waals surface area contributed by atoms with E-state index in [9.17, 15) is 0 Å². The van der Waals surface area contributed by atoms with Gasteiger partial charge in [0.05, 0.1) is 0 Å². The summed E-state index contributed by atoms with van der Waals surface area (Å²) in [6.07, 6.45) is 3.54. The smallest absolute Gasteiger partial charge is 0.162 e. The standard InChI is InChI=1S/C12H8NO/c1-2-4-10-8-12-11(5-6-13-14-12)7-9(10)3-1/h1-4,7-8H,5H2. The van der Waals surface area contributed by atoms with Crippen molar-refractivity contribution < 1.29 is 4.84 Å². The fourth-order valence-electron chi connectivity index (χ4n) is 1.69. The molecule has 2 heteroatoms. The summed E-state index contributed by atoms with van der Waals surface area (Å²) < 4.78 is 0. The summed E-state index contributed by atoms with van der Waals surface area (Å²) in [6.45, 7) is 0. The van der Waals surface area contributed by atoms with Crippen molar-refractivity contribution in [2.24, 2.45) is 5.16 Å². The molecule has 0 aromatic heterocycles. The van der Waals surface area contributed by atoms with Gasteiger partial charge in [0.1, 0.15) is 6.21 Å². The molecule has 0 aliphatic carbocycles. The maximum absolute atomic E-state index is 5.15. The van der Waals surface area contributed by atoms with Crippen molar-refractivity contribution >= 4 is 17.0 Å². The van der Waals surface area contributed by atoms with E-state index < -0.39 is 0 Å². The van der Waals surface area contributed by atoms with Crippen molar-refractivity contribution in [3.8, 4) is 5.75 Å². The Bertz CT molecular complexity index is 470. The largest absolute Gasteiger partial charge is 0.356 e. The van der Waals surface area contributed by atoms with Crippen molar-refractivity contribution in [2.45, 2.75) is 6.42 Å². The summed E-state index contributed by atoms with van der Waals surface area (Å²) >= 11 is 0. The first kappa shape index (κ1) is 7.56. The van der Waals surface area contributed by atoms with Gasteiger partial charge in [0.25, 0.3) is 0 Å². The van der Waals surface area contributed by atoms with Crippen molar-refractivity contribution in [1.82, 2.24) is 0 Å². The summed E-state index contributed by atoms with van der Waals surface area (Å²) in [5.74, 6) is 0.849. The van der Waals surface area contributed by atoms with Crippen molar-refractivity contribution in [3.63, 3.8) is 0 Å². The third-order valence-corrected chi connectivity index (χ3v) is 2.41. The minimum absolute atomic E-state index is 0.736. The Kier molecular flexibility index (Phi) is 1.53. The second kappa shape index (κ2) is 2.84. The molecule has 14 heavy (non-hydrogen) atoms. The molecule has 2 aromatic rings. The van der Waals surface area contributed by atoms with E-state index in [0.29, 0.717) is 0 Å². The van der Waals surface area contributed by atoms with Crippen LogP contribution in [0, 0.1) is 0 Å². The Hall–Kier alpha value is -1.83. The van der Waals surface area contributed by atoms with E-state index in [1.165, 1.54) is 10.8 Å². The number of hydrogen-bond donors (Lipinski definition) is 0. The first-order chi connectivity index (χ1) is 6.93. The van der Waals surface area contributed by atoms with E-state index in [2.05, 4.69) is 29.6 Å². The molecule has 0 bridgehead atoms. The predicted octanol–water partition coefficient (Wildman–Crippen LogP) is 2.64. The van der Waals surface area contributed by atoms with Gasteiger partial charge in [-0.2, -0.15) is 0 Å². The van der Waals surface area contributed by atoms with Crippen LogP contribution in [0.15, 0.2) is 41.6 Å². The molecule has 1 aliphatic heterocycles. The highest BCUT2D eigenvalue weighted by atomic mass is 16.6. The normalized spacial score (nSPS) is 13.7. The van der Waals surface area contributed by atoms with Crippen LogP contribution in [0.3, 0.4) is 0 Å². The van der Waals surface area contributed by atoms with Crippen LogP contribution in [0.25, 0.3) is 10.8 Å². The summed E-state index contributed by atoms with van der Waals surface area (Å²) in [5.41, 5.74) is 1.15. The maximum Gasteiger partial charge on any atom is 0.162 e. The molecular weight excluding hydrogens is 174 g/mol. The SMILES string of the molecule is [C]1=NOc2cc3ccccc3cc2C1. The van der Waals surface area contributed by atoms with Crippen LogP contribution in [-0.2, 0) is 6.42 Å². The van der Waals surface area contributed by atoms with Gasteiger partial charge in [0.15, 0.2) is 5.75 Å². The fourth-order valence-corrected chi connectivity index (χ4v) is 1.69. The number of fused-ring (bicyclic) bond motifs is 2. The Labute approximate surface area is 81.8 Å². The van der Waals surface area contributed by atoms with Crippen LogP contribution in [0.5, 0.6) is 5.75 Å². The molecule has 0 fully saturated rings. The van der Waals surface area contributed by atoms with E-state index >= 15 is 0 Å². The molecule has 2 aromatic carbocycles. The lowest BCUT2D eigenvalue weighted by Crippen LogP contribution is -1.99. The molecule has 3 rings (SSSR count).